The van der Waals surface area contributed by atoms with E-state index in [0.29, 0.717) is 6.73 Å². The number of hydrogen-bond donors (Lipinski definition) is 0. The summed E-state index contributed by atoms with van der Waals surface area (Å²) in [5.74, 6) is 0. The third-order valence-corrected chi connectivity index (χ3v) is 2.02. The highest BCUT2D eigenvalue weighted by Gasteiger charge is 2.03. The fraction of sp³-hybridized carbons (Fsp3) is 0.273. The second kappa shape index (κ2) is 4.10. The summed E-state index contributed by atoms with van der Waals surface area (Å²) in [6, 6.07) is 10.4. The predicted molar refractivity (Wildman–Crippen MR) is 51.9 cm³/mol. The molecule has 0 saturated heterocycles. The highest BCUT2D eigenvalue weighted by molar-refractivity contribution is 5.14. The number of hydrogen-bond acceptors (Lipinski definition) is 2. The van der Waals surface area contributed by atoms with Crippen molar-refractivity contribution in [2.45, 2.75) is 6.54 Å². The van der Waals surface area contributed by atoms with Crippen LogP contribution in [0.15, 0.2) is 42.6 Å². The monoisotopic (exact) mass is 175 g/mol. The maximum atomic E-state index is 5.29. The molecule has 1 aromatic rings. The zero-order chi connectivity index (χ0) is 8.93. The van der Waals surface area contributed by atoms with Crippen molar-refractivity contribution in [2.75, 3.05) is 13.3 Å². The highest BCUT2D eigenvalue weighted by Crippen LogP contribution is 2.06. The molecule has 0 aliphatic carbocycles. The Hall–Kier alpha value is -1.28. The Balaban J connectivity index is 1.98. The minimum atomic E-state index is 0.700. The SMILES string of the molecule is C1=CN(Cc2ccccc2)COC1. The first-order chi connectivity index (χ1) is 6.45. The van der Waals surface area contributed by atoms with Crippen molar-refractivity contribution in [3.8, 4) is 0 Å². The fourth-order valence-corrected chi connectivity index (χ4v) is 1.39. The van der Waals surface area contributed by atoms with Crippen molar-refractivity contribution in [3.63, 3.8) is 0 Å². The van der Waals surface area contributed by atoms with Crippen molar-refractivity contribution in [3.05, 3.63) is 48.2 Å². The molecule has 0 N–H and O–H groups in total. The lowest BCUT2D eigenvalue weighted by molar-refractivity contribution is 0.0531. The van der Waals surface area contributed by atoms with E-state index >= 15 is 0 Å². The number of rotatable bonds is 2. The fourth-order valence-electron chi connectivity index (χ4n) is 1.39. The zero-order valence-electron chi connectivity index (χ0n) is 7.52. The standard InChI is InChI=1S/C11H13NO/c1-2-5-11(6-3-1)9-12-7-4-8-13-10-12/h1-7H,8-10H2. The van der Waals surface area contributed by atoms with Crippen molar-refractivity contribution in [1.82, 2.24) is 4.90 Å². The molecule has 0 saturated carbocycles. The van der Waals surface area contributed by atoms with Crippen LogP contribution in [-0.4, -0.2) is 18.2 Å². The zero-order valence-corrected chi connectivity index (χ0v) is 7.52. The second-order valence-corrected chi connectivity index (χ2v) is 3.12. The van der Waals surface area contributed by atoms with Gasteiger partial charge in [-0.15, -0.1) is 0 Å². The molecule has 1 aromatic carbocycles. The molecule has 1 aliphatic rings. The predicted octanol–water partition coefficient (Wildman–Crippen LogP) is 1.99. The summed E-state index contributed by atoms with van der Waals surface area (Å²) in [4.78, 5) is 2.15. The van der Waals surface area contributed by atoms with Crippen molar-refractivity contribution in [1.29, 1.82) is 0 Å². The van der Waals surface area contributed by atoms with E-state index in [1.54, 1.807) is 0 Å². The summed E-state index contributed by atoms with van der Waals surface area (Å²) in [5.41, 5.74) is 1.32. The third kappa shape index (κ3) is 2.33. The van der Waals surface area contributed by atoms with E-state index in [2.05, 4.69) is 35.4 Å². The molecule has 0 aromatic heterocycles. The maximum Gasteiger partial charge on any atom is 0.119 e. The summed E-state index contributed by atoms with van der Waals surface area (Å²) in [5, 5.41) is 0. The van der Waals surface area contributed by atoms with Gasteiger partial charge in [0.05, 0.1) is 6.61 Å². The van der Waals surface area contributed by atoms with E-state index in [1.165, 1.54) is 5.56 Å². The first-order valence-corrected chi connectivity index (χ1v) is 4.47. The van der Waals surface area contributed by atoms with Gasteiger partial charge in [0.2, 0.25) is 0 Å². The lowest BCUT2D eigenvalue weighted by Crippen LogP contribution is -2.23. The average molecular weight is 175 g/mol. The van der Waals surface area contributed by atoms with Gasteiger partial charge in [-0.2, -0.15) is 0 Å². The smallest absolute Gasteiger partial charge is 0.119 e. The highest BCUT2D eigenvalue weighted by atomic mass is 16.5. The van der Waals surface area contributed by atoms with Crippen LogP contribution in [0.4, 0.5) is 0 Å². The molecule has 0 unspecified atom stereocenters. The van der Waals surface area contributed by atoms with E-state index in [4.69, 9.17) is 4.74 Å². The van der Waals surface area contributed by atoms with Crippen LogP contribution in [0.1, 0.15) is 5.56 Å². The Morgan fingerprint density at radius 2 is 2.08 bits per heavy atom. The topological polar surface area (TPSA) is 12.5 Å². The van der Waals surface area contributed by atoms with E-state index in [-0.39, 0.29) is 0 Å². The Kier molecular flexibility index (Phi) is 2.62. The lowest BCUT2D eigenvalue weighted by Gasteiger charge is -2.23. The third-order valence-electron chi connectivity index (χ3n) is 2.02. The molecule has 1 heterocycles. The van der Waals surface area contributed by atoms with Gasteiger partial charge in [0, 0.05) is 6.54 Å². The van der Waals surface area contributed by atoms with Gasteiger partial charge in [0.1, 0.15) is 6.73 Å². The van der Waals surface area contributed by atoms with Crippen LogP contribution in [0, 0.1) is 0 Å². The molecule has 2 nitrogen and oxygen atoms in total. The van der Waals surface area contributed by atoms with Crippen LogP contribution in [0.25, 0.3) is 0 Å². The van der Waals surface area contributed by atoms with Gasteiger partial charge in [-0.3, -0.25) is 0 Å². The minimum absolute atomic E-state index is 0.700. The molecule has 68 valence electrons. The van der Waals surface area contributed by atoms with Crippen LogP contribution in [0.5, 0.6) is 0 Å². The first-order valence-electron chi connectivity index (χ1n) is 4.47. The molecule has 13 heavy (non-hydrogen) atoms. The molecule has 0 atom stereocenters. The molecule has 1 aliphatic heterocycles. The number of ether oxygens (including phenoxy) is 1. The van der Waals surface area contributed by atoms with E-state index < -0.39 is 0 Å². The van der Waals surface area contributed by atoms with Crippen LogP contribution in [0.2, 0.25) is 0 Å². The van der Waals surface area contributed by atoms with Gasteiger partial charge in [0.25, 0.3) is 0 Å². The summed E-state index contributed by atoms with van der Waals surface area (Å²) in [6.07, 6.45) is 4.13. The molecule has 2 heteroatoms. The van der Waals surface area contributed by atoms with E-state index in [0.717, 1.165) is 13.2 Å². The van der Waals surface area contributed by atoms with Crippen molar-refractivity contribution >= 4 is 0 Å². The molecule has 0 radical (unpaired) electrons. The normalized spacial score (nSPS) is 16.2. The van der Waals surface area contributed by atoms with Gasteiger partial charge >= 0.3 is 0 Å². The molecule has 2 rings (SSSR count). The van der Waals surface area contributed by atoms with Crippen molar-refractivity contribution in [2.24, 2.45) is 0 Å². The van der Waals surface area contributed by atoms with Crippen LogP contribution >= 0.6 is 0 Å². The minimum Gasteiger partial charge on any atom is -0.357 e. The van der Waals surface area contributed by atoms with Crippen LogP contribution in [-0.2, 0) is 11.3 Å². The quantitative estimate of drug-likeness (QED) is 0.681. The second-order valence-electron chi connectivity index (χ2n) is 3.12. The van der Waals surface area contributed by atoms with Crippen LogP contribution in [0.3, 0.4) is 0 Å². The van der Waals surface area contributed by atoms with Gasteiger partial charge in [-0.25, -0.2) is 0 Å². The summed E-state index contributed by atoms with van der Waals surface area (Å²) >= 11 is 0. The number of nitrogens with zero attached hydrogens (tertiary/aromatic N) is 1. The van der Waals surface area contributed by atoms with E-state index in [9.17, 15) is 0 Å². The Bertz CT molecular complexity index is 281. The molecule has 0 fully saturated rings. The van der Waals surface area contributed by atoms with Gasteiger partial charge in [0.15, 0.2) is 0 Å². The molecular weight excluding hydrogens is 162 g/mol. The first kappa shape index (κ1) is 8.32. The van der Waals surface area contributed by atoms with Gasteiger partial charge < -0.3 is 9.64 Å². The number of benzene rings is 1. The van der Waals surface area contributed by atoms with Crippen molar-refractivity contribution < 1.29 is 4.74 Å². The Labute approximate surface area is 78.4 Å². The van der Waals surface area contributed by atoms with Gasteiger partial charge in [-0.05, 0) is 17.8 Å². The lowest BCUT2D eigenvalue weighted by atomic mass is 10.2. The summed E-state index contributed by atoms with van der Waals surface area (Å²) in [6.45, 7) is 2.37. The molecule has 0 bridgehead atoms. The Morgan fingerprint density at radius 3 is 2.77 bits per heavy atom. The summed E-state index contributed by atoms with van der Waals surface area (Å²) < 4.78 is 5.29. The molecule has 0 amide bonds. The Morgan fingerprint density at radius 1 is 1.23 bits per heavy atom. The van der Waals surface area contributed by atoms with Gasteiger partial charge in [-0.1, -0.05) is 30.3 Å². The van der Waals surface area contributed by atoms with Crippen LogP contribution < -0.4 is 0 Å². The largest absolute Gasteiger partial charge is 0.357 e. The summed E-state index contributed by atoms with van der Waals surface area (Å²) in [7, 11) is 0. The molecular formula is C11H13NO. The molecule has 0 spiro atoms. The average Bonchev–Trinajstić information content (AvgIpc) is 2.21. The van der Waals surface area contributed by atoms with E-state index in [1.807, 2.05) is 12.1 Å². The maximum absolute atomic E-state index is 5.29.